The van der Waals surface area contributed by atoms with E-state index in [0.717, 1.165) is 29.5 Å². The van der Waals surface area contributed by atoms with Crippen LogP contribution >= 0.6 is 0 Å². The van der Waals surface area contributed by atoms with Crippen molar-refractivity contribution in [2.75, 3.05) is 6.54 Å². The van der Waals surface area contributed by atoms with E-state index in [1.54, 1.807) is 0 Å². The predicted molar refractivity (Wildman–Crippen MR) is 115 cm³/mol. The molecule has 1 aliphatic heterocycles. The summed E-state index contributed by atoms with van der Waals surface area (Å²) < 4.78 is 5.54. The Morgan fingerprint density at radius 1 is 0.833 bits per heavy atom. The Hall–Kier alpha value is -3.73. The molecule has 0 spiro atoms. The van der Waals surface area contributed by atoms with Gasteiger partial charge in [0, 0.05) is 17.7 Å². The molecule has 1 saturated heterocycles. The van der Waals surface area contributed by atoms with E-state index in [2.05, 4.69) is 22.3 Å². The first-order valence-corrected chi connectivity index (χ1v) is 10.1. The molecule has 0 bridgehead atoms. The Morgan fingerprint density at radius 2 is 1.47 bits per heavy atom. The summed E-state index contributed by atoms with van der Waals surface area (Å²) in [6, 6.07) is 27.5. The zero-order valence-electron chi connectivity index (χ0n) is 16.4. The Labute approximate surface area is 175 Å². The van der Waals surface area contributed by atoms with Crippen LogP contribution in [0.1, 0.15) is 35.1 Å². The van der Waals surface area contributed by atoms with Crippen molar-refractivity contribution < 1.29 is 9.32 Å². The maximum absolute atomic E-state index is 13.2. The van der Waals surface area contributed by atoms with Crippen molar-refractivity contribution in [2.45, 2.75) is 18.9 Å². The molecule has 3 aromatic carbocycles. The third kappa shape index (κ3) is 3.50. The molecular formula is C25H21N3O2. The summed E-state index contributed by atoms with van der Waals surface area (Å²) >= 11 is 0. The summed E-state index contributed by atoms with van der Waals surface area (Å²) in [5.74, 6) is 1.05. The Morgan fingerprint density at radius 3 is 2.17 bits per heavy atom. The first kappa shape index (κ1) is 18.3. The number of carbonyl (C=O) groups is 1. The van der Waals surface area contributed by atoms with Gasteiger partial charge in [-0.15, -0.1) is 0 Å². The molecule has 5 rings (SSSR count). The van der Waals surface area contributed by atoms with Gasteiger partial charge in [0.2, 0.25) is 11.7 Å². The molecule has 1 atom stereocenters. The van der Waals surface area contributed by atoms with E-state index in [1.165, 1.54) is 0 Å². The normalized spacial score (nSPS) is 16.0. The van der Waals surface area contributed by atoms with E-state index in [1.807, 2.05) is 77.7 Å². The fourth-order valence-corrected chi connectivity index (χ4v) is 3.94. The lowest BCUT2D eigenvalue weighted by molar-refractivity contribution is 0.0710. The fourth-order valence-electron chi connectivity index (χ4n) is 3.94. The second-order valence-electron chi connectivity index (χ2n) is 7.42. The molecule has 1 fully saturated rings. The summed E-state index contributed by atoms with van der Waals surface area (Å²) in [7, 11) is 0. The average Bonchev–Trinajstić information content (AvgIpc) is 3.50. The average molecular weight is 395 g/mol. The standard InChI is InChI=1S/C25H21N3O2/c29-25(21-15-13-19(14-16-21)18-8-3-1-4-9-18)28-17-7-12-22(28)24-26-23(27-30-24)20-10-5-2-6-11-20/h1-6,8-11,13-16,22H,7,12,17H2. The molecule has 0 N–H and O–H groups in total. The van der Waals surface area contributed by atoms with Gasteiger partial charge in [-0.2, -0.15) is 4.98 Å². The molecule has 0 saturated carbocycles. The highest BCUT2D eigenvalue weighted by Crippen LogP contribution is 2.33. The summed E-state index contributed by atoms with van der Waals surface area (Å²) in [6.07, 6.45) is 1.74. The van der Waals surface area contributed by atoms with Crippen LogP contribution in [0.2, 0.25) is 0 Å². The third-order valence-corrected chi connectivity index (χ3v) is 5.51. The van der Waals surface area contributed by atoms with Gasteiger partial charge in [-0.05, 0) is 36.1 Å². The molecule has 2 heterocycles. The second kappa shape index (κ2) is 7.95. The molecule has 5 heteroatoms. The van der Waals surface area contributed by atoms with Crippen molar-refractivity contribution in [1.82, 2.24) is 15.0 Å². The number of benzene rings is 3. The number of aromatic nitrogens is 2. The van der Waals surface area contributed by atoms with E-state index < -0.39 is 0 Å². The van der Waals surface area contributed by atoms with E-state index in [9.17, 15) is 4.79 Å². The quantitative estimate of drug-likeness (QED) is 0.465. The first-order chi connectivity index (χ1) is 14.8. The van der Waals surface area contributed by atoms with Gasteiger partial charge in [0.25, 0.3) is 5.91 Å². The van der Waals surface area contributed by atoms with Crippen LogP contribution in [-0.4, -0.2) is 27.5 Å². The largest absolute Gasteiger partial charge is 0.337 e. The highest BCUT2D eigenvalue weighted by Gasteiger charge is 2.34. The van der Waals surface area contributed by atoms with Crippen LogP contribution in [0.3, 0.4) is 0 Å². The predicted octanol–water partition coefficient (Wildman–Crippen LogP) is 5.38. The Balaban J connectivity index is 1.36. The van der Waals surface area contributed by atoms with Gasteiger partial charge < -0.3 is 9.42 Å². The lowest BCUT2D eigenvalue weighted by atomic mass is 10.0. The lowest BCUT2D eigenvalue weighted by Gasteiger charge is -2.22. The molecule has 5 nitrogen and oxygen atoms in total. The summed E-state index contributed by atoms with van der Waals surface area (Å²) in [4.78, 5) is 19.6. The zero-order chi connectivity index (χ0) is 20.3. The first-order valence-electron chi connectivity index (χ1n) is 10.1. The van der Waals surface area contributed by atoms with Crippen molar-refractivity contribution in [3.63, 3.8) is 0 Å². The maximum Gasteiger partial charge on any atom is 0.254 e. The topological polar surface area (TPSA) is 59.2 Å². The van der Waals surface area contributed by atoms with Crippen LogP contribution in [0.25, 0.3) is 22.5 Å². The molecule has 1 aromatic heterocycles. The SMILES string of the molecule is O=C(c1ccc(-c2ccccc2)cc1)N1CCCC1c1nc(-c2ccccc2)no1. The van der Waals surface area contributed by atoms with Crippen molar-refractivity contribution >= 4 is 5.91 Å². The maximum atomic E-state index is 13.2. The third-order valence-electron chi connectivity index (χ3n) is 5.51. The monoisotopic (exact) mass is 395 g/mol. The van der Waals surface area contributed by atoms with Crippen LogP contribution in [0.5, 0.6) is 0 Å². The summed E-state index contributed by atoms with van der Waals surface area (Å²) in [6.45, 7) is 0.687. The summed E-state index contributed by atoms with van der Waals surface area (Å²) in [5.41, 5.74) is 3.80. The van der Waals surface area contributed by atoms with Gasteiger partial charge in [-0.25, -0.2) is 0 Å². The van der Waals surface area contributed by atoms with Crippen molar-refractivity contribution in [3.05, 3.63) is 96.4 Å². The minimum Gasteiger partial charge on any atom is -0.337 e. The molecule has 0 aliphatic carbocycles. The summed E-state index contributed by atoms with van der Waals surface area (Å²) in [5, 5.41) is 4.12. The number of amides is 1. The van der Waals surface area contributed by atoms with Crippen LogP contribution in [0.15, 0.2) is 89.5 Å². The van der Waals surface area contributed by atoms with Gasteiger partial charge in [-0.3, -0.25) is 4.79 Å². The van der Waals surface area contributed by atoms with Crippen molar-refractivity contribution in [2.24, 2.45) is 0 Å². The van der Waals surface area contributed by atoms with Crippen LogP contribution in [-0.2, 0) is 0 Å². The number of nitrogens with zero attached hydrogens (tertiary/aromatic N) is 3. The van der Waals surface area contributed by atoms with E-state index >= 15 is 0 Å². The number of rotatable bonds is 4. The highest BCUT2D eigenvalue weighted by molar-refractivity contribution is 5.95. The molecule has 4 aromatic rings. The number of hydrogen-bond donors (Lipinski definition) is 0. The Kier molecular flexibility index (Phi) is 4.85. The van der Waals surface area contributed by atoms with Gasteiger partial charge in [0.05, 0.1) is 0 Å². The number of carbonyl (C=O) groups excluding carboxylic acids is 1. The Bertz CT molecular complexity index is 1140. The van der Waals surface area contributed by atoms with Crippen LogP contribution in [0.4, 0.5) is 0 Å². The minimum atomic E-state index is -0.184. The van der Waals surface area contributed by atoms with Gasteiger partial charge in [0.1, 0.15) is 6.04 Å². The van der Waals surface area contributed by atoms with Crippen molar-refractivity contribution in [1.29, 1.82) is 0 Å². The smallest absolute Gasteiger partial charge is 0.254 e. The zero-order valence-corrected chi connectivity index (χ0v) is 16.4. The molecule has 0 radical (unpaired) electrons. The molecule has 30 heavy (non-hydrogen) atoms. The van der Waals surface area contributed by atoms with Gasteiger partial charge in [-0.1, -0.05) is 78.0 Å². The van der Waals surface area contributed by atoms with Crippen molar-refractivity contribution in [3.8, 4) is 22.5 Å². The fraction of sp³-hybridized carbons (Fsp3) is 0.160. The van der Waals surface area contributed by atoms with Crippen LogP contribution < -0.4 is 0 Å². The van der Waals surface area contributed by atoms with Gasteiger partial charge >= 0.3 is 0 Å². The molecule has 1 amide bonds. The van der Waals surface area contributed by atoms with E-state index in [-0.39, 0.29) is 11.9 Å². The molecular weight excluding hydrogens is 374 g/mol. The number of likely N-dealkylation sites (tertiary alicyclic amines) is 1. The second-order valence-corrected chi connectivity index (χ2v) is 7.42. The van der Waals surface area contributed by atoms with E-state index in [0.29, 0.717) is 23.8 Å². The van der Waals surface area contributed by atoms with Crippen LogP contribution in [0, 0.1) is 0 Å². The minimum absolute atomic E-state index is 0.00317. The molecule has 148 valence electrons. The molecule has 1 aliphatic rings. The number of hydrogen-bond acceptors (Lipinski definition) is 4. The van der Waals surface area contributed by atoms with E-state index in [4.69, 9.17) is 4.52 Å². The van der Waals surface area contributed by atoms with Gasteiger partial charge in [0.15, 0.2) is 0 Å². The molecule has 1 unspecified atom stereocenters. The lowest BCUT2D eigenvalue weighted by Crippen LogP contribution is -2.30. The highest BCUT2D eigenvalue weighted by atomic mass is 16.5.